The van der Waals surface area contributed by atoms with E-state index < -0.39 is 17.3 Å². The molecule has 0 saturated carbocycles. The Labute approximate surface area is 108 Å². The van der Waals surface area contributed by atoms with E-state index in [0.717, 1.165) is 12.1 Å². The molecule has 18 heavy (non-hydrogen) atoms. The highest BCUT2D eigenvalue weighted by Crippen LogP contribution is 2.30. The second kappa shape index (κ2) is 5.18. The smallest absolute Gasteiger partial charge is 0.346 e. The molecule has 0 unspecified atom stereocenters. The van der Waals surface area contributed by atoms with Crippen LogP contribution in [0.2, 0.25) is 0 Å². The Morgan fingerprint density at radius 3 is 2.00 bits per heavy atom. The summed E-state index contributed by atoms with van der Waals surface area (Å²) < 4.78 is 37.2. The van der Waals surface area contributed by atoms with Crippen molar-refractivity contribution in [2.75, 3.05) is 5.88 Å². The van der Waals surface area contributed by atoms with Gasteiger partial charge in [-0.3, -0.25) is 4.79 Å². The zero-order valence-corrected chi connectivity index (χ0v) is 10.7. The molecule has 0 spiro atoms. The predicted molar refractivity (Wildman–Crippen MR) is 63.3 cm³/mol. The summed E-state index contributed by atoms with van der Waals surface area (Å²) in [4.78, 5) is 11.2. The largest absolute Gasteiger partial charge is 0.416 e. The maximum Gasteiger partial charge on any atom is 0.416 e. The number of carbonyl (C=O) groups is 1. The van der Waals surface area contributed by atoms with Gasteiger partial charge in [0, 0.05) is 0 Å². The van der Waals surface area contributed by atoms with Crippen molar-refractivity contribution in [3.8, 4) is 0 Å². The molecular weight excluding hydrogens is 267 g/mol. The monoisotopic (exact) mass is 279 g/mol. The number of rotatable bonds is 3. The summed E-state index contributed by atoms with van der Waals surface area (Å²) in [5, 5.41) is 2.63. The molecule has 0 radical (unpaired) electrons. The van der Waals surface area contributed by atoms with Crippen LogP contribution in [0.1, 0.15) is 25.0 Å². The van der Waals surface area contributed by atoms with E-state index in [9.17, 15) is 18.0 Å². The van der Waals surface area contributed by atoms with Crippen LogP contribution in [0.4, 0.5) is 13.2 Å². The molecule has 1 amide bonds. The van der Waals surface area contributed by atoms with Gasteiger partial charge in [0.15, 0.2) is 0 Å². The third kappa shape index (κ3) is 3.63. The highest BCUT2D eigenvalue weighted by atomic mass is 35.5. The van der Waals surface area contributed by atoms with Crippen LogP contribution < -0.4 is 5.32 Å². The third-order valence-electron chi connectivity index (χ3n) is 2.51. The number of halogens is 4. The van der Waals surface area contributed by atoms with E-state index >= 15 is 0 Å². The first-order valence-corrected chi connectivity index (χ1v) is 5.75. The lowest BCUT2D eigenvalue weighted by molar-refractivity contribution is -0.137. The Kier molecular flexibility index (Phi) is 4.27. The van der Waals surface area contributed by atoms with Crippen LogP contribution in [0.5, 0.6) is 0 Å². The lowest BCUT2D eigenvalue weighted by atomic mass is 9.93. The lowest BCUT2D eigenvalue weighted by Crippen LogP contribution is -2.41. The summed E-state index contributed by atoms with van der Waals surface area (Å²) >= 11 is 5.37. The number of hydrogen-bond donors (Lipinski definition) is 1. The minimum Gasteiger partial charge on any atom is -0.346 e. The van der Waals surface area contributed by atoms with E-state index in [4.69, 9.17) is 11.6 Å². The second-order valence-electron chi connectivity index (χ2n) is 4.38. The molecule has 0 aliphatic rings. The van der Waals surface area contributed by atoms with E-state index in [0.29, 0.717) is 5.56 Å². The highest BCUT2D eigenvalue weighted by Gasteiger charge is 2.31. The van der Waals surface area contributed by atoms with Gasteiger partial charge in [0.05, 0.1) is 11.1 Å². The van der Waals surface area contributed by atoms with E-state index in [1.807, 2.05) is 0 Å². The second-order valence-corrected chi connectivity index (χ2v) is 4.65. The summed E-state index contributed by atoms with van der Waals surface area (Å²) in [5.41, 5.74) is -0.907. The highest BCUT2D eigenvalue weighted by molar-refractivity contribution is 6.27. The van der Waals surface area contributed by atoms with Gasteiger partial charge in [-0.1, -0.05) is 12.1 Å². The minimum absolute atomic E-state index is 0.190. The van der Waals surface area contributed by atoms with E-state index in [2.05, 4.69) is 5.32 Å². The predicted octanol–water partition coefficient (Wildman–Crippen LogP) is 3.30. The van der Waals surface area contributed by atoms with Gasteiger partial charge < -0.3 is 5.32 Å². The van der Waals surface area contributed by atoms with Crippen molar-refractivity contribution in [2.24, 2.45) is 0 Å². The van der Waals surface area contributed by atoms with Crippen molar-refractivity contribution in [3.63, 3.8) is 0 Å². The van der Waals surface area contributed by atoms with E-state index in [1.54, 1.807) is 13.8 Å². The van der Waals surface area contributed by atoms with Crippen molar-refractivity contribution in [1.82, 2.24) is 5.32 Å². The summed E-state index contributed by atoms with van der Waals surface area (Å²) in [6, 6.07) is 4.67. The van der Waals surface area contributed by atoms with Gasteiger partial charge in [-0.2, -0.15) is 13.2 Å². The SMILES string of the molecule is CC(C)(NC(=O)CCl)c1ccc(C(F)(F)F)cc1. The number of nitrogens with one attached hydrogen (secondary N) is 1. The fourth-order valence-corrected chi connectivity index (χ4v) is 1.60. The van der Waals surface area contributed by atoms with Gasteiger partial charge in [-0.05, 0) is 31.5 Å². The van der Waals surface area contributed by atoms with Crippen LogP contribution in [0, 0.1) is 0 Å². The van der Waals surface area contributed by atoms with Crippen LogP contribution in [-0.2, 0) is 16.5 Å². The number of amides is 1. The first-order valence-electron chi connectivity index (χ1n) is 5.21. The van der Waals surface area contributed by atoms with Crippen molar-refractivity contribution >= 4 is 17.5 Å². The fraction of sp³-hybridized carbons (Fsp3) is 0.417. The minimum atomic E-state index is -4.36. The average molecular weight is 280 g/mol. The zero-order valence-electron chi connectivity index (χ0n) is 9.94. The van der Waals surface area contributed by atoms with E-state index in [1.165, 1.54) is 12.1 Å². The van der Waals surface area contributed by atoms with Gasteiger partial charge in [0.2, 0.25) is 5.91 Å². The molecular formula is C12H13ClF3NO. The van der Waals surface area contributed by atoms with Crippen LogP contribution in [0.25, 0.3) is 0 Å². The lowest BCUT2D eigenvalue weighted by Gasteiger charge is -2.26. The van der Waals surface area contributed by atoms with Crippen LogP contribution in [-0.4, -0.2) is 11.8 Å². The summed E-state index contributed by atoms with van der Waals surface area (Å²) in [6.45, 7) is 3.39. The molecule has 1 N–H and O–H groups in total. The van der Waals surface area contributed by atoms with Gasteiger partial charge in [0.1, 0.15) is 5.88 Å². The van der Waals surface area contributed by atoms with Gasteiger partial charge in [-0.15, -0.1) is 11.6 Å². The Bertz CT molecular complexity index is 426. The van der Waals surface area contributed by atoms with Gasteiger partial charge >= 0.3 is 6.18 Å². The molecule has 100 valence electrons. The Morgan fingerprint density at radius 2 is 1.61 bits per heavy atom. The molecule has 0 bridgehead atoms. The van der Waals surface area contributed by atoms with Gasteiger partial charge in [0.25, 0.3) is 0 Å². The average Bonchev–Trinajstić information content (AvgIpc) is 2.27. The molecule has 0 aliphatic carbocycles. The molecule has 1 rings (SSSR count). The van der Waals surface area contributed by atoms with Crippen LogP contribution in [0.3, 0.4) is 0 Å². The fourth-order valence-electron chi connectivity index (χ4n) is 1.53. The van der Waals surface area contributed by atoms with Crippen LogP contribution in [0.15, 0.2) is 24.3 Å². The summed E-state index contributed by atoms with van der Waals surface area (Å²) in [6.07, 6.45) is -4.36. The molecule has 0 fully saturated rings. The van der Waals surface area contributed by atoms with E-state index in [-0.39, 0.29) is 11.8 Å². The number of benzene rings is 1. The summed E-state index contributed by atoms with van der Waals surface area (Å²) in [7, 11) is 0. The first kappa shape index (κ1) is 14.8. The van der Waals surface area contributed by atoms with Crippen LogP contribution >= 0.6 is 11.6 Å². The molecule has 1 aromatic carbocycles. The van der Waals surface area contributed by atoms with Crippen molar-refractivity contribution < 1.29 is 18.0 Å². The number of alkyl halides is 4. The van der Waals surface area contributed by atoms with Gasteiger partial charge in [-0.25, -0.2) is 0 Å². The maximum absolute atomic E-state index is 12.4. The topological polar surface area (TPSA) is 29.1 Å². The molecule has 0 saturated heterocycles. The molecule has 0 aliphatic heterocycles. The number of carbonyl (C=O) groups excluding carboxylic acids is 1. The van der Waals surface area contributed by atoms with Crippen molar-refractivity contribution in [3.05, 3.63) is 35.4 Å². The van der Waals surface area contributed by atoms with Crippen molar-refractivity contribution in [1.29, 1.82) is 0 Å². The van der Waals surface area contributed by atoms with Crippen molar-refractivity contribution in [2.45, 2.75) is 25.6 Å². The quantitative estimate of drug-likeness (QED) is 0.845. The summed E-state index contributed by atoms with van der Waals surface area (Å²) in [5.74, 6) is -0.564. The maximum atomic E-state index is 12.4. The molecule has 1 aromatic rings. The molecule has 2 nitrogen and oxygen atoms in total. The third-order valence-corrected chi connectivity index (χ3v) is 2.75. The normalized spacial score (nSPS) is 12.3. The number of hydrogen-bond acceptors (Lipinski definition) is 1. The molecule has 6 heteroatoms. The molecule has 0 heterocycles. The zero-order chi connectivity index (χ0) is 14.0. The first-order chi connectivity index (χ1) is 8.16. The standard InChI is InChI=1S/C12H13ClF3NO/c1-11(2,17-10(18)7-13)8-3-5-9(6-4-8)12(14,15)16/h3-6H,7H2,1-2H3,(H,17,18). The molecule has 0 aromatic heterocycles. The Morgan fingerprint density at radius 1 is 1.17 bits per heavy atom. The Hall–Kier alpha value is -1.23. The molecule has 0 atom stereocenters. The Balaban J connectivity index is 2.94.